The minimum absolute atomic E-state index is 0. The van der Waals surface area contributed by atoms with Crippen LogP contribution in [0.5, 0.6) is 0 Å². The van der Waals surface area contributed by atoms with Crippen LogP contribution in [-0.2, 0) is 4.79 Å². The molecule has 1 fully saturated rings. The van der Waals surface area contributed by atoms with Crippen LogP contribution in [0.15, 0.2) is 24.3 Å². The van der Waals surface area contributed by atoms with E-state index in [9.17, 15) is 9.59 Å². The Morgan fingerprint density at radius 2 is 1.88 bits per heavy atom. The lowest BCUT2D eigenvalue weighted by Crippen LogP contribution is -2.55. The summed E-state index contributed by atoms with van der Waals surface area (Å²) in [6.07, 6.45) is 0.906. The van der Waals surface area contributed by atoms with Crippen molar-refractivity contribution < 1.29 is 9.59 Å². The van der Waals surface area contributed by atoms with E-state index < -0.39 is 6.04 Å². The average Bonchev–Trinajstić information content (AvgIpc) is 2.54. The van der Waals surface area contributed by atoms with Crippen LogP contribution < -0.4 is 16.0 Å². The first-order valence-corrected chi connectivity index (χ1v) is 8.83. The number of rotatable bonds is 5. The molecule has 7 heteroatoms. The third kappa shape index (κ3) is 6.17. The van der Waals surface area contributed by atoms with Crippen molar-refractivity contribution in [1.82, 2.24) is 16.0 Å². The molecule has 25 heavy (non-hydrogen) atoms. The Kier molecular flexibility index (Phi) is 8.69. The van der Waals surface area contributed by atoms with E-state index in [0.29, 0.717) is 16.5 Å². The average molecular weight is 388 g/mol. The highest BCUT2D eigenvalue weighted by atomic mass is 35.5. The zero-order valence-electron chi connectivity index (χ0n) is 14.8. The minimum atomic E-state index is -0.560. The van der Waals surface area contributed by atoms with Gasteiger partial charge in [0, 0.05) is 16.6 Å². The van der Waals surface area contributed by atoms with E-state index in [1.54, 1.807) is 24.3 Å². The fraction of sp³-hybridized carbons (Fsp3) is 0.556. The van der Waals surface area contributed by atoms with Crippen molar-refractivity contribution in [2.75, 3.05) is 13.1 Å². The van der Waals surface area contributed by atoms with Crippen molar-refractivity contribution in [3.8, 4) is 0 Å². The van der Waals surface area contributed by atoms with Crippen molar-refractivity contribution in [1.29, 1.82) is 0 Å². The van der Waals surface area contributed by atoms with Crippen LogP contribution in [0.1, 0.15) is 37.6 Å². The molecule has 0 radical (unpaired) electrons. The summed E-state index contributed by atoms with van der Waals surface area (Å²) in [5, 5.41) is 9.84. The Morgan fingerprint density at radius 1 is 1.24 bits per heavy atom. The molecule has 3 N–H and O–H groups in total. The maximum Gasteiger partial charge on any atom is 0.251 e. The molecule has 1 saturated heterocycles. The first kappa shape index (κ1) is 21.7. The Morgan fingerprint density at radius 3 is 2.44 bits per heavy atom. The SMILES string of the molecule is CC(C)C(NC(=O)c1ccc(Cl)cc1)C(=O)NC1CCNCC1C.Cl. The van der Waals surface area contributed by atoms with Crippen LogP contribution in [0.4, 0.5) is 0 Å². The van der Waals surface area contributed by atoms with Gasteiger partial charge in [-0.2, -0.15) is 0 Å². The molecule has 1 heterocycles. The molecular weight excluding hydrogens is 361 g/mol. The van der Waals surface area contributed by atoms with Gasteiger partial charge in [0.1, 0.15) is 6.04 Å². The highest BCUT2D eigenvalue weighted by Gasteiger charge is 2.29. The van der Waals surface area contributed by atoms with Crippen LogP contribution in [0, 0.1) is 11.8 Å². The third-order valence-electron chi connectivity index (χ3n) is 4.46. The fourth-order valence-corrected chi connectivity index (χ4v) is 2.99. The van der Waals surface area contributed by atoms with Gasteiger partial charge >= 0.3 is 0 Å². The summed E-state index contributed by atoms with van der Waals surface area (Å²) in [4.78, 5) is 25.0. The fourth-order valence-electron chi connectivity index (χ4n) is 2.86. The van der Waals surface area contributed by atoms with Crippen molar-refractivity contribution in [3.63, 3.8) is 0 Å². The highest BCUT2D eigenvalue weighted by molar-refractivity contribution is 6.30. The van der Waals surface area contributed by atoms with Gasteiger partial charge in [0.2, 0.25) is 5.91 Å². The van der Waals surface area contributed by atoms with Crippen molar-refractivity contribution in [2.45, 2.75) is 39.3 Å². The van der Waals surface area contributed by atoms with Gasteiger partial charge in [-0.15, -0.1) is 12.4 Å². The van der Waals surface area contributed by atoms with Gasteiger partial charge in [-0.1, -0.05) is 32.4 Å². The predicted molar refractivity (Wildman–Crippen MR) is 103 cm³/mol. The van der Waals surface area contributed by atoms with Gasteiger partial charge in [0.15, 0.2) is 0 Å². The number of halogens is 2. The van der Waals surface area contributed by atoms with E-state index in [1.165, 1.54) is 0 Å². The minimum Gasteiger partial charge on any atom is -0.351 e. The Hall–Kier alpha value is -1.30. The number of amides is 2. The van der Waals surface area contributed by atoms with Crippen LogP contribution in [-0.4, -0.2) is 37.0 Å². The van der Waals surface area contributed by atoms with Gasteiger partial charge in [0.05, 0.1) is 0 Å². The molecule has 1 aromatic carbocycles. The second-order valence-corrected chi connectivity index (χ2v) is 7.22. The van der Waals surface area contributed by atoms with E-state index >= 15 is 0 Å². The largest absolute Gasteiger partial charge is 0.351 e. The molecule has 0 saturated carbocycles. The topological polar surface area (TPSA) is 70.2 Å². The second kappa shape index (κ2) is 10.00. The molecular formula is C18H27Cl2N3O2. The smallest absolute Gasteiger partial charge is 0.251 e. The Bertz CT molecular complexity index is 578. The van der Waals surface area contributed by atoms with Gasteiger partial charge < -0.3 is 16.0 Å². The summed E-state index contributed by atoms with van der Waals surface area (Å²) >= 11 is 5.84. The maximum atomic E-state index is 12.7. The third-order valence-corrected chi connectivity index (χ3v) is 4.71. The summed E-state index contributed by atoms with van der Waals surface area (Å²) in [5.41, 5.74) is 0.494. The molecule has 3 atom stereocenters. The molecule has 2 rings (SSSR count). The maximum absolute atomic E-state index is 12.7. The van der Waals surface area contributed by atoms with Gasteiger partial charge in [-0.3, -0.25) is 9.59 Å². The summed E-state index contributed by atoms with van der Waals surface area (Å²) < 4.78 is 0. The standard InChI is InChI=1S/C18H26ClN3O2.ClH/c1-11(2)16(18(24)21-15-8-9-20-10-12(15)3)22-17(23)13-4-6-14(19)7-5-13;/h4-7,11-12,15-16,20H,8-10H2,1-3H3,(H,21,24)(H,22,23);1H. The summed E-state index contributed by atoms with van der Waals surface area (Å²) in [6, 6.07) is 6.22. The van der Waals surface area contributed by atoms with E-state index in [0.717, 1.165) is 19.5 Å². The first-order chi connectivity index (χ1) is 11.4. The molecule has 5 nitrogen and oxygen atoms in total. The molecule has 2 amide bonds. The van der Waals surface area contributed by atoms with Gasteiger partial charge in [0.25, 0.3) is 5.91 Å². The van der Waals surface area contributed by atoms with Gasteiger partial charge in [-0.05, 0) is 55.6 Å². The molecule has 0 aliphatic carbocycles. The molecule has 140 valence electrons. The number of piperidine rings is 1. The molecule has 0 aromatic heterocycles. The van der Waals surface area contributed by atoms with E-state index in [4.69, 9.17) is 11.6 Å². The zero-order chi connectivity index (χ0) is 17.7. The summed E-state index contributed by atoms with van der Waals surface area (Å²) in [7, 11) is 0. The number of carbonyl (C=O) groups excluding carboxylic acids is 2. The highest BCUT2D eigenvalue weighted by Crippen LogP contribution is 2.13. The van der Waals surface area contributed by atoms with Crippen LogP contribution in [0.25, 0.3) is 0 Å². The lowest BCUT2D eigenvalue weighted by atomic mass is 9.94. The lowest BCUT2D eigenvalue weighted by molar-refractivity contribution is -0.125. The number of hydrogen-bond acceptors (Lipinski definition) is 3. The number of carbonyl (C=O) groups is 2. The number of benzene rings is 1. The predicted octanol–water partition coefficient (Wildman–Crippen LogP) is 2.63. The van der Waals surface area contributed by atoms with Crippen molar-refractivity contribution in [3.05, 3.63) is 34.9 Å². The number of hydrogen-bond donors (Lipinski definition) is 3. The molecule has 1 aliphatic rings. The molecule has 1 aliphatic heterocycles. The van der Waals surface area contributed by atoms with E-state index in [-0.39, 0.29) is 36.2 Å². The second-order valence-electron chi connectivity index (χ2n) is 6.79. The Balaban J connectivity index is 0.00000312. The van der Waals surface area contributed by atoms with E-state index in [2.05, 4.69) is 22.9 Å². The lowest BCUT2D eigenvalue weighted by Gasteiger charge is -2.32. The van der Waals surface area contributed by atoms with Crippen LogP contribution >= 0.6 is 24.0 Å². The molecule has 1 aromatic rings. The first-order valence-electron chi connectivity index (χ1n) is 8.46. The number of nitrogens with one attached hydrogen (secondary N) is 3. The summed E-state index contributed by atoms with van der Waals surface area (Å²) in [5.74, 6) is -0.00862. The quantitative estimate of drug-likeness (QED) is 0.726. The molecule has 0 spiro atoms. The van der Waals surface area contributed by atoms with Gasteiger partial charge in [-0.25, -0.2) is 0 Å². The van der Waals surface area contributed by atoms with Crippen LogP contribution in [0.2, 0.25) is 5.02 Å². The molecule has 3 unspecified atom stereocenters. The van der Waals surface area contributed by atoms with Crippen LogP contribution in [0.3, 0.4) is 0 Å². The Labute approximate surface area is 160 Å². The monoisotopic (exact) mass is 387 g/mol. The van der Waals surface area contributed by atoms with Crippen molar-refractivity contribution >= 4 is 35.8 Å². The zero-order valence-corrected chi connectivity index (χ0v) is 16.4. The van der Waals surface area contributed by atoms with Crippen molar-refractivity contribution in [2.24, 2.45) is 11.8 Å². The normalized spacial score (nSPS) is 21.2. The summed E-state index contributed by atoms with van der Waals surface area (Å²) in [6.45, 7) is 7.78. The molecule has 0 bridgehead atoms. The van der Waals surface area contributed by atoms with E-state index in [1.807, 2.05) is 13.8 Å².